The molecule has 0 unspecified atom stereocenters. The van der Waals surface area contributed by atoms with Crippen LogP contribution in [-0.4, -0.2) is 58.5 Å². The van der Waals surface area contributed by atoms with Crippen molar-refractivity contribution in [3.8, 4) is 5.75 Å². The van der Waals surface area contributed by atoms with Gasteiger partial charge in [-0.2, -0.15) is 0 Å². The third-order valence-corrected chi connectivity index (χ3v) is 8.30. The smallest absolute Gasteiger partial charge is 0.142 e. The number of quaternary nitrogens is 2. The molecule has 0 amide bonds. The minimum absolute atomic E-state index is 0.909. The fourth-order valence-corrected chi connectivity index (χ4v) is 6.85. The van der Waals surface area contributed by atoms with Gasteiger partial charge in [0.2, 0.25) is 0 Å². The van der Waals surface area contributed by atoms with Crippen LogP contribution in [0.15, 0.2) is 24.3 Å². The highest BCUT2D eigenvalue weighted by atomic mass is 16.5. The average Bonchev–Trinajstić information content (AvgIpc) is 3.38. The first kappa shape index (κ1) is 17.8. The Morgan fingerprint density at radius 3 is 2.33 bits per heavy atom. The van der Waals surface area contributed by atoms with Crippen LogP contribution in [0.25, 0.3) is 0 Å². The summed E-state index contributed by atoms with van der Waals surface area (Å²) in [6, 6.07) is 10.4. The number of ether oxygens (including phenoxy) is 1. The molecule has 2 saturated carbocycles. The number of hydrogen-bond acceptors (Lipinski definition) is 2. The summed E-state index contributed by atoms with van der Waals surface area (Å²) in [6.07, 6.45) is 9.10. The highest BCUT2D eigenvalue weighted by molar-refractivity contribution is 5.58. The molecule has 2 aliphatic heterocycles. The second-order valence-corrected chi connectivity index (χ2v) is 9.53. The van der Waals surface area contributed by atoms with Crippen LogP contribution in [0.3, 0.4) is 0 Å². The molecule has 2 bridgehead atoms. The first-order valence-corrected chi connectivity index (χ1v) is 11.4. The Balaban J connectivity index is 1.12. The summed E-state index contributed by atoms with van der Waals surface area (Å²) >= 11 is 0. The zero-order valence-corrected chi connectivity index (χ0v) is 17.0. The molecule has 2 aliphatic carbocycles. The number of nitrogens with one attached hydrogen (secondary N) is 2. The third kappa shape index (κ3) is 3.47. The number of hydrogen-bond donors (Lipinski definition) is 2. The zero-order chi connectivity index (χ0) is 18.2. The fourth-order valence-electron chi connectivity index (χ4n) is 6.85. The molecule has 0 spiro atoms. The maximum atomic E-state index is 5.57. The zero-order valence-electron chi connectivity index (χ0n) is 17.0. The van der Waals surface area contributed by atoms with Gasteiger partial charge in [0.05, 0.1) is 64.1 Å². The van der Waals surface area contributed by atoms with Gasteiger partial charge in [0.15, 0.2) is 0 Å². The molecule has 1 aromatic carbocycles. The first-order valence-electron chi connectivity index (χ1n) is 11.4. The maximum Gasteiger partial charge on any atom is 0.142 e. The van der Waals surface area contributed by atoms with Gasteiger partial charge in [-0.05, 0) is 37.3 Å². The van der Waals surface area contributed by atoms with E-state index in [0.29, 0.717) is 0 Å². The van der Waals surface area contributed by atoms with E-state index in [9.17, 15) is 0 Å². The van der Waals surface area contributed by atoms with E-state index in [4.69, 9.17) is 4.74 Å². The molecule has 4 heteroatoms. The normalized spacial score (nSPS) is 36.9. The number of rotatable bonds is 4. The van der Waals surface area contributed by atoms with Crippen molar-refractivity contribution in [2.24, 2.45) is 11.8 Å². The predicted octanol–water partition coefficient (Wildman–Crippen LogP) is 0.636. The van der Waals surface area contributed by atoms with Crippen LogP contribution in [-0.2, 0) is 0 Å². The van der Waals surface area contributed by atoms with E-state index < -0.39 is 0 Å². The first-order chi connectivity index (χ1) is 13.3. The van der Waals surface area contributed by atoms with Gasteiger partial charge >= 0.3 is 0 Å². The Hall–Kier alpha value is -1.26. The van der Waals surface area contributed by atoms with Crippen molar-refractivity contribution in [2.75, 3.05) is 51.3 Å². The summed E-state index contributed by atoms with van der Waals surface area (Å²) in [6.45, 7) is 7.78. The lowest BCUT2D eigenvalue weighted by Gasteiger charge is -2.42. The Bertz CT molecular complexity index is 634. The second-order valence-electron chi connectivity index (χ2n) is 9.53. The highest BCUT2D eigenvalue weighted by Gasteiger charge is 2.46. The Kier molecular flexibility index (Phi) is 5.04. The fraction of sp³-hybridized carbons (Fsp3) is 0.739. The van der Waals surface area contributed by atoms with E-state index in [2.05, 4.69) is 29.2 Å². The van der Waals surface area contributed by atoms with Gasteiger partial charge in [0.1, 0.15) is 5.75 Å². The molecule has 148 valence electrons. The Labute approximate surface area is 164 Å². The number of para-hydroxylation sites is 2. The van der Waals surface area contributed by atoms with Crippen LogP contribution in [0.5, 0.6) is 5.75 Å². The molecule has 4 aliphatic rings. The van der Waals surface area contributed by atoms with E-state index in [1.165, 1.54) is 51.1 Å². The topological polar surface area (TPSA) is 21.4 Å². The second kappa shape index (κ2) is 7.63. The SMILES string of the molecule is COc1ccccc1N1CC[NH+](C2CC[NH+]([C@H]3C[C@H]4CC[C@@H]3C4)CC2)CC1. The Morgan fingerprint density at radius 2 is 1.67 bits per heavy atom. The average molecular weight is 372 g/mol. The number of piperidine rings is 1. The van der Waals surface area contributed by atoms with Gasteiger partial charge < -0.3 is 19.4 Å². The molecule has 2 saturated heterocycles. The number of methoxy groups -OCH3 is 1. The van der Waals surface area contributed by atoms with Crippen molar-refractivity contribution >= 4 is 5.69 Å². The molecule has 1 aromatic rings. The van der Waals surface area contributed by atoms with Gasteiger partial charge in [-0.1, -0.05) is 12.1 Å². The summed E-state index contributed by atoms with van der Waals surface area (Å²) in [4.78, 5) is 6.37. The van der Waals surface area contributed by atoms with Crippen LogP contribution in [0, 0.1) is 11.8 Å². The van der Waals surface area contributed by atoms with Crippen molar-refractivity contribution in [3.05, 3.63) is 24.3 Å². The van der Waals surface area contributed by atoms with Crippen molar-refractivity contribution in [3.63, 3.8) is 0 Å². The maximum absolute atomic E-state index is 5.57. The number of nitrogens with zero attached hydrogens (tertiary/aromatic N) is 1. The minimum Gasteiger partial charge on any atom is -0.495 e. The molecular weight excluding hydrogens is 334 g/mol. The molecule has 3 atom stereocenters. The van der Waals surface area contributed by atoms with Gasteiger partial charge in [0.25, 0.3) is 0 Å². The van der Waals surface area contributed by atoms with Crippen LogP contribution < -0.4 is 19.4 Å². The quantitative estimate of drug-likeness (QED) is 0.811. The summed E-state index contributed by atoms with van der Waals surface area (Å²) in [5.74, 6) is 3.20. The number of anilines is 1. The van der Waals surface area contributed by atoms with E-state index >= 15 is 0 Å². The number of benzene rings is 1. The molecule has 2 heterocycles. The molecule has 2 N–H and O–H groups in total. The lowest BCUT2D eigenvalue weighted by Crippen LogP contribution is -3.23. The number of fused-ring (bicyclic) bond motifs is 2. The van der Waals surface area contributed by atoms with Crippen LogP contribution >= 0.6 is 0 Å². The largest absolute Gasteiger partial charge is 0.495 e. The van der Waals surface area contributed by atoms with Gasteiger partial charge in [-0.15, -0.1) is 0 Å². The van der Waals surface area contributed by atoms with E-state index in [1.807, 2.05) is 9.80 Å². The summed E-state index contributed by atoms with van der Waals surface area (Å²) < 4.78 is 5.57. The summed E-state index contributed by atoms with van der Waals surface area (Å²) in [5.41, 5.74) is 1.27. The summed E-state index contributed by atoms with van der Waals surface area (Å²) in [7, 11) is 1.78. The van der Waals surface area contributed by atoms with E-state index in [0.717, 1.165) is 42.8 Å². The number of piperazine rings is 1. The van der Waals surface area contributed by atoms with Crippen LogP contribution in [0.2, 0.25) is 0 Å². The van der Waals surface area contributed by atoms with Crippen LogP contribution in [0.1, 0.15) is 38.5 Å². The molecule has 5 rings (SSSR count). The molecule has 27 heavy (non-hydrogen) atoms. The molecule has 0 radical (unpaired) electrons. The van der Waals surface area contributed by atoms with Gasteiger partial charge in [-0.3, -0.25) is 0 Å². The van der Waals surface area contributed by atoms with Crippen LogP contribution in [0.4, 0.5) is 5.69 Å². The van der Waals surface area contributed by atoms with Gasteiger partial charge in [0, 0.05) is 25.2 Å². The van der Waals surface area contributed by atoms with E-state index in [-0.39, 0.29) is 0 Å². The van der Waals surface area contributed by atoms with Crippen molar-refractivity contribution in [1.82, 2.24) is 0 Å². The van der Waals surface area contributed by atoms with Crippen molar-refractivity contribution < 1.29 is 14.5 Å². The standard InChI is InChI=1S/C23H35N3O/c1-27-23-5-3-2-4-21(23)26-14-12-24(13-15-26)20-8-10-25(11-9-20)22-17-18-6-7-19(22)16-18/h2-5,18-20,22H,6-17H2,1H3/p+2/t18-,19+,22-/m0/s1. The number of likely N-dealkylation sites (tertiary alicyclic amines) is 1. The van der Waals surface area contributed by atoms with Crippen molar-refractivity contribution in [2.45, 2.75) is 50.6 Å². The monoisotopic (exact) mass is 371 g/mol. The lowest BCUT2D eigenvalue weighted by atomic mass is 9.91. The minimum atomic E-state index is 0.909. The predicted molar refractivity (Wildman–Crippen MR) is 109 cm³/mol. The Morgan fingerprint density at radius 1 is 0.889 bits per heavy atom. The highest BCUT2D eigenvalue weighted by Crippen LogP contribution is 2.43. The summed E-state index contributed by atoms with van der Waals surface area (Å²) in [5, 5.41) is 0. The molecule has 4 nitrogen and oxygen atoms in total. The van der Waals surface area contributed by atoms with Gasteiger partial charge in [-0.25, -0.2) is 0 Å². The lowest BCUT2D eigenvalue weighted by molar-refractivity contribution is -0.970. The molecule has 4 fully saturated rings. The van der Waals surface area contributed by atoms with E-state index in [1.54, 1.807) is 26.4 Å². The van der Waals surface area contributed by atoms with Crippen molar-refractivity contribution in [1.29, 1.82) is 0 Å². The molecule has 0 aromatic heterocycles. The molecular formula is C23H37N3O+2. The third-order valence-electron chi connectivity index (χ3n) is 8.30.